The summed E-state index contributed by atoms with van der Waals surface area (Å²) in [5.41, 5.74) is 10.6. The molecule has 1 aromatic carbocycles. The summed E-state index contributed by atoms with van der Waals surface area (Å²) in [5, 5.41) is 15.9. The topological polar surface area (TPSA) is 136 Å². The van der Waals surface area contributed by atoms with Crippen LogP contribution in [0.4, 0.5) is 0 Å². The number of aromatic nitrogens is 4. The Morgan fingerprint density at radius 1 is 1.14 bits per heavy atom. The molecule has 2 aliphatic rings. The minimum atomic E-state index is -0.680. The summed E-state index contributed by atoms with van der Waals surface area (Å²) in [5.74, 6) is -0.487. The van der Waals surface area contributed by atoms with Crippen LogP contribution in [0.1, 0.15) is 63.9 Å². The molecular formula is C32H39N7O3. The number of carbonyl (C=O) groups excluding carboxylic acids is 3. The van der Waals surface area contributed by atoms with E-state index in [4.69, 9.17) is 5.73 Å². The third-order valence-electron chi connectivity index (χ3n) is 8.13. The first-order valence-corrected chi connectivity index (χ1v) is 14.7. The van der Waals surface area contributed by atoms with E-state index in [0.717, 1.165) is 30.4 Å². The number of primary amides is 1. The number of amides is 3. The van der Waals surface area contributed by atoms with Crippen molar-refractivity contribution in [3.63, 3.8) is 0 Å². The lowest BCUT2D eigenvalue weighted by atomic mass is 9.88. The second-order valence-electron chi connectivity index (χ2n) is 11.8. The van der Waals surface area contributed by atoms with Crippen LogP contribution >= 0.6 is 0 Å². The van der Waals surface area contributed by atoms with Gasteiger partial charge in [0.1, 0.15) is 12.6 Å². The second-order valence-corrected chi connectivity index (χ2v) is 11.8. The first kappa shape index (κ1) is 29.2. The van der Waals surface area contributed by atoms with Crippen LogP contribution in [-0.2, 0) is 16.1 Å². The van der Waals surface area contributed by atoms with Gasteiger partial charge >= 0.3 is 0 Å². The molecule has 0 saturated carbocycles. The largest absolute Gasteiger partial charge is 0.364 e. The van der Waals surface area contributed by atoms with Gasteiger partial charge in [0.15, 0.2) is 5.69 Å². The molecule has 0 bridgehead atoms. The third-order valence-corrected chi connectivity index (χ3v) is 8.13. The molecule has 0 spiro atoms. The zero-order valence-corrected chi connectivity index (χ0v) is 24.7. The van der Waals surface area contributed by atoms with E-state index in [2.05, 4.69) is 60.5 Å². The third kappa shape index (κ3) is 6.12. The molecule has 3 amide bonds. The van der Waals surface area contributed by atoms with Crippen LogP contribution in [0.15, 0.2) is 60.0 Å². The van der Waals surface area contributed by atoms with Crippen LogP contribution in [0, 0.1) is 11.8 Å². The molecule has 5 rings (SSSR count). The van der Waals surface area contributed by atoms with Gasteiger partial charge in [0, 0.05) is 17.5 Å². The van der Waals surface area contributed by atoms with E-state index >= 15 is 0 Å². The molecule has 1 fully saturated rings. The fourth-order valence-electron chi connectivity index (χ4n) is 6.05. The molecule has 42 heavy (non-hydrogen) atoms. The monoisotopic (exact) mass is 569 g/mol. The smallest absolute Gasteiger partial charge is 0.269 e. The Bertz CT molecular complexity index is 1560. The van der Waals surface area contributed by atoms with Crippen molar-refractivity contribution in [2.75, 3.05) is 6.54 Å². The molecule has 3 atom stereocenters. The Morgan fingerprint density at radius 2 is 1.95 bits per heavy atom. The first-order valence-electron chi connectivity index (χ1n) is 14.7. The van der Waals surface area contributed by atoms with Gasteiger partial charge in [0.2, 0.25) is 11.8 Å². The first-order chi connectivity index (χ1) is 20.1. The molecule has 220 valence electrons. The summed E-state index contributed by atoms with van der Waals surface area (Å²) in [6, 6.07) is 6.68. The summed E-state index contributed by atoms with van der Waals surface area (Å²) in [6.07, 6.45) is 11.1. The molecule has 1 aliphatic heterocycles. The van der Waals surface area contributed by atoms with Crippen LogP contribution in [0.3, 0.4) is 0 Å². The van der Waals surface area contributed by atoms with Crippen LogP contribution in [-0.4, -0.2) is 61.2 Å². The van der Waals surface area contributed by atoms with Crippen molar-refractivity contribution in [2.45, 2.75) is 72.0 Å². The number of nitrogens with one attached hydrogen (secondary N) is 1. The van der Waals surface area contributed by atoms with Gasteiger partial charge in [-0.1, -0.05) is 57.9 Å². The molecular weight excluding hydrogens is 530 g/mol. The van der Waals surface area contributed by atoms with E-state index in [1.807, 2.05) is 24.3 Å². The quantitative estimate of drug-likeness (QED) is 0.399. The summed E-state index contributed by atoms with van der Waals surface area (Å²) in [4.78, 5) is 41.2. The van der Waals surface area contributed by atoms with Crippen LogP contribution in [0.2, 0.25) is 0 Å². The fraction of sp³-hybridized carbons (Fsp3) is 0.438. The van der Waals surface area contributed by atoms with Crippen molar-refractivity contribution >= 4 is 28.6 Å². The van der Waals surface area contributed by atoms with Gasteiger partial charge < -0.3 is 16.0 Å². The van der Waals surface area contributed by atoms with Gasteiger partial charge in [0.25, 0.3) is 5.91 Å². The van der Waals surface area contributed by atoms with Crippen molar-refractivity contribution in [3.05, 3.63) is 65.7 Å². The van der Waals surface area contributed by atoms with Crippen molar-refractivity contribution < 1.29 is 14.4 Å². The SMILES string of the molecule is CCCC1=CC(C(C)C)=C[C@@H](NC(=O)C2CC(C)CN2C(=O)Cn2nc(C(N)=O)c3cc(-c4ccnnc4)ccc32)C1. The number of hydrogen-bond donors (Lipinski definition) is 2. The van der Waals surface area contributed by atoms with E-state index in [1.165, 1.54) is 15.8 Å². The van der Waals surface area contributed by atoms with Crippen LogP contribution in [0.5, 0.6) is 0 Å². The van der Waals surface area contributed by atoms with E-state index in [0.29, 0.717) is 29.8 Å². The molecule has 2 unspecified atom stereocenters. The predicted octanol–water partition coefficient (Wildman–Crippen LogP) is 4.03. The summed E-state index contributed by atoms with van der Waals surface area (Å²) >= 11 is 0. The number of nitrogens with zero attached hydrogens (tertiary/aromatic N) is 5. The maximum absolute atomic E-state index is 13.7. The minimum Gasteiger partial charge on any atom is -0.364 e. The molecule has 10 heteroatoms. The minimum absolute atomic E-state index is 0.0896. The van der Waals surface area contributed by atoms with Crippen molar-refractivity contribution in [3.8, 4) is 11.1 Å². The van der Waals surface area contributed by atoms with E-state index in [-0.39, 0.29) is 36.0 Å². The number of benzene rings is 1. The highest BCUT2D eigenvalue weighted by molar-refractivity contribution is 6.05. The Morgan fingerprint density at radius 3 is 2.64 bits per heavy atom. The Balaban J connectivity index is 1.35. The number of likely N-dealkylation sites (tertiary alicyclic amines) is 1. The average Bonchev–Trinajstić information content (AvgIpc) is 3.54. The molecule has 1 aliphatic carbocycles. The molecule has 3 aromatic rings. The lowest BCUT2D eigenvalue weighted by Crippen LogP contribution is -2.49. The maximum Gasteiger partial charge on any atom is 0.269 e. The zero-order valence-electron chi connectivity index (χ0n) is 24.7. The van der Waals surface area contributed by atoms with Gasteiger partial charge in [0.05, 0.1) is 24.0 Å². The number of allylic oxidation sites excluding steroid dienone is 2. The molecule has 0 radical (unpaired) electrons. The van der Waals surface area contributed by atoms with Crippen LogP contribution < -0.4 is 11.1 Å². The fourth-order valence-corrected chi connectivity index (χ4v) is 6.05. The predicted molar refractivity (Wildman–Crippen MR) is 161 cm³/mol. The number of fused-ring (bicyclic) bond motifs is 1. The summed E-state index contributed by atoms with van der Waals surface area (Å²) in [7, 11) is 0. The number of hydrogen-bond acceptors (Lipinski definition) is 6. The van der Waals surface area contributed by atoms with Gasteiger partial charge in [-0.2, -0.15) is 15.3 Å². The van der Waals surface area contributed by atoms with Gasteiger partial charge in [-0.25, -0.2) is 0 Å². The molecule has 3 heterocycles. The summed E-state index contributed by atoms with van der Waals surface area (Å²) in [6.45, 7) is 8.91. The van der Waals surface area contributed by atoms with Gasteiger partial charge in [-0.05, 0) is 60.4 Å². The van der Waals surface area contributed by atoms with Crippen molar-refractivity contribution in [1.29, 1.82) is 0 Å². The van der Waals surface area contributed by atoms with Gasteiger partial charge in [-0.15, -0.1) is 0 Å². The number of carbonyl (C=O) groups is 3. The lowest BCUT2D eigenvalue weighted by Gasteiger charge is -2.28. The van der Waals surface area contributed by atoms with E-state index in [1.54, 1.807) is 17.3 Å². The van der Waals surface area contributed by atoms with Crippen molar-refractivity contribution in [2.24, 2.45) is 17.6 Å². The molecule has 1 saturated heterocycles. The van der Waals surface area contributed by atoms with Gasteiger partial charge in [-0.3, -0.25) is 19.1 Å². The maximum atomic E-state index is 13.7. The Hall–Kier alpha value is -4.34. The van der Waals surface area contributed by atoms with E-state index in [9.17, 15) is 14.4 Å². The lowest BCUT2D eigenvalue weighted by molar-refractivity contribution is -0.139. The molecule has 2 aromatic heterocycles. The number of nitrogens with two attached hydrogens (primary N) is 1. The number of rotatable bonds is 9. The standard InChI is InChI=1S/C32H39N7O3/c1-5-6-21-12-24(19(2)3)14-25(13-21)36-32(42)28-11-20(4)17-38(28)29(40)18-39-27-8-7-22(23-9-10-34-35-16-23)15-26(27)30(37-39)31(33)41/h7-10,12,14-16,19-20,25,28H,5-6,11,13,17-18H2,1-4H3,(H2,33,41)(H,36,42)/t20?,25-,28?/m0/s1. The summed E-state index contributed by atoms with van der Waals surface area (Å²) < 4.78 is 1.50. The Kier molecular flexibility index (Phi) is 8.51. The average molecular weight is 570 g/mol. The highest BCUT2D eigenvalue weighted by atomic mass is 16.2. The Labute approximate surface area is 246 Å². The molecule has 3 N–H and O–H groups in total. The molecule has 10 nitrogen and oxygen atoms in total. The van der Waals surface area contributed by atoms with Crippen LogP contribution in [0.25, 0.3) is 22.0 Å². The highest BCUT2D eigenvalue weighted by Gasteiger charge is 2.38. The van der Waals surface area contributed by atoms with Crippen molar-refractivity contribution in [1.82, 2.24) is 30.2 Å². The normalized spacial score (nSPS) is 20.5. The van der Waals surface area contributed by atoms with E-state index < -0.39 is 11.9 Å². The zero-order chi connectivity index (χ0) is 30.0. The second kappa shape index (κ2) is 12.3. The highest BCUT2D eigenvalue weighted by Crippen LogP contribution is 2.29.